The van der Waals surface area contributed by atoms with Crippen molar-refractivity contribution in [1.29, 1.82) is 5.26 Å². The summed E-state index contributed by atoms with van der Waals surface area (Å²) >= 11 is 0. The Balaban J connectivity index is 3.01. The molecule has 0 amide bonds. The molecule has 0 radical (unpaired) electrons. The van der Waals surface area contributed by atoms with Crippen molar-refractivity contribution in [2.45, 2.75) is 19.8 Å². The molecule has 1 aliphatic carbocycles. The zero-order valence-electron chi connectivity index (χ0n) is 10.5. The zero-order valence-corrected chi connectivity index (χ0v) is 10.5. The summed E-state index contributed by atoms with van der Waals surface area (Å²) < 4.78 is 0. The molecule has 1 aliphatic rings. The molecule has 0 saturated carbocycles. The molecule has 0 atom stereocenters. The molecule has 0 spiro atoms. The number of hydrogen-bond donors (Lipinski definition) is 1. The van der Waals surface area contributed by atoms with E-state index < -0.39 is 0 Å². The van der Waals surface area contributed by atoms with Crippen molar-refractivity contribution >= 4 is 0 Å². The van der Waals surface area contributed by atoms with E-state index in [9.17, 15) is 0 Å². The van der Waals surface area contributed by atoms with Crippen LogP contribution in [0.3, 0.4) is 0 Å². The highest BCUT2D eigenvalue weighted by Gasteiger charge is 2.05. The molecule has 2 heteroatoms. The molecule has 17 heavy (non-hydrogen) atoms. The second-order valence-electron chi connectivity index (χ2n) is 3.78. The zero-order chi connectivity index (χ0) is 12.7. The molecule has 0 saturated heterocycles. The van der Waals surface area contributed by atoms with Crippen LogP contribution >= 0.6 is 0 Å². The van der Waals surface area contributed by atoms with Gasteiger partial charge in [0.2, 0.25) is 0 Å². The number of nitrogens with zero attached hydrogens (tertiary/aromatic N) is 1. The Morgan fingerprint density at radius 2 is 2.29 bits per heavy atom. The van der Waals surface area contributed by atoms with Gasteiger partial charge in [-0.05, 0) is 37.0 Å². The van der Waals surface area contributed by atoms with E-state index in [-0.39, 0.29) is 0 Å². The average molecular weight is 226 g/mol. The van der Waals surface area contributed by atoms with Crippen LogP contribution in [0.5, 0.6) is 0 Å². The van der Waals surface area contributed by atoms with Gasteiger partial charge in [0.1, 0.15) is 6.07 Å². The third kappa shape index (κ3) is 3.49. The Hall–Kier alpha value is -2.01. The van der Waals surface area contributed by atoms with Crippen LogP contribution in [0, 0.1) is 11.3 Å². The van der Waals surface area contributed by atoms with E-state index in [4.69, 9.17) is 5.26 Å². The van der Waals surface area contributed by atoms with Crippen LogP contribution < -0.4 is 5.32 Å². The molecular weight excluding hydrogens is 208 g/mol. The van der Waals surface area contributed by atoms with Crippen LogP contribution in [0.15, 0.2) is 59.4 Å². The summed E-state index contributed by atoms with van der Waals surface area (Å²) in [6.07, 6.45) is 12.7. The third-order valence-electron chi connectivity index (χ3n) is 2.67. The van der Waals surface area contributed by atoms with E-state index in [1.165, 1.54) is 5.57 Å². The summed E-state index contributed by atoms with van der Waals surface area (Å²) in [7, 11) is 1.80. The smallest absolute Gasteiger partial charge is 0.101 e. The lowest BCUT2D eigenvalue weighted by Gasteiger charge is -2.10. The fraction of sp³-hybridized carbons (Fsp3) is 0.267. The molecule has 0 aromatic carbocycles. The van der Waals surface area contributed by atoms with Crippen molar-refractivity contribution in [2.75, 3.05) is 7.05 Å². The summed E-state index contributed by atoms with van der Waals surface area (Å²) in [5.41, 5.74) is 3.53. The molecular formula is C15H18N2. The first-order valence-corrected chi connectivity index (χ1v) is 5.75. The predicted octanol–water partition coefficient (Wildman–Crippen LogP) is 3.39. The van der Waals surface area contributed by atoms with Crippen molar-refractivity contribution in [2.24, 2.45) is 0 Å². The summed E-state index contributed by atoms with van der Waals surface area (Å²) in [4.78, 5) is 0. The van der Waals surface area contributed by atoms with Gasteiger partial charge in [-0.15, -0.1) is 0 Å². The number of likely N-dealkylation sites (N-methyl/N-ethyl adjacent to an activating group) is 1. The van der Waals surface area contributed by atoms with Crippen molar-refractivity contribution in [3.8, 4) is 6.07 Å². The number of allylic oxidation sites excluding steroid dienone is 8. The van der Waals surface area contributed by atoms with Crippen LogP contribution in [-0.4, -0.2) is 7.05 Å². The van der Waals surface area contributed by atoms with Crippen LogP contribution in [0.25, 0.3) is 0 Å². The van der Waals surface area contributed by atoms with Gasteiger partial charge in [-0.2, -0.15) is 5.26 Å². The third-order valence-corrected chi connectivity index (χ3v) is 2.67. The van der Waals surface area contributed by atoms with Crippen molar-refractivity contribution in [3.63, 3.8) is 0 Å². The first kappa shape index (κ1) is 13.1. The highest BCUT2D eigenvalue weighted by molar-refractivity contribution is 5.52. The summed E-state index contributed by atoms with van der Waals surface area (Å²) in [5, 5.41) is 11.9. The quantitative estimate of drug-likeness (QED) is 0.589. The first-order chi connectivity index (χ1) is 8.22. The maximum atomic E-state index is 8.85. The molecule has 0 aromatic rings. The van der Waals surface area contributed by atoms with E-state index in [2.05, 4.69) is 36.2 Å². The Kier molecular flexibility index (Phi) is 5.03. The minimum atomic E-state index is 0.451. The molecule has 0 aromatic heterocycles. The normalized spacial score (nSPS) is 16.2. The van der Waals surface area contributed by atoms with Gasteiger partial charge in [-0.1, -0.05) is 30.9 Å². The van der Waals surface area contributed by atoms with Crippen LogP contribution in [0.4, 0.5) is 0 Å². The molecule has 0 unspecified atom stereocenters. The van der Waals surface area contributed by atoms with Crippen LogP contribution in [0.2, 0.25) is 0 Å². The topological polar surface area (TPSA) is 35.8 Å². The lowest BCUT2D eigenvalue weighted by atomic mass is 9.98. The Morgan fingerprint density at radius 3 is 2.76 bits per heavy atom. The van der Waals surface area contributed by atoms with Crippen LogP contribution in [0.1, 0.15) is 19.8 Å². The number of hydrogen-bond acceptors (Lipinski definition) is 2. The molecule has 0 fully saturated rings. The second-order valence-corrected chi connectivity index (χ2v) is 3.78. The van der Waals surface area contributed by atoms with Gasteiger partial charge in [-0.3, -0.25) is 0 Å². The summed E-state index contributed by atoms with van der Waals surface area (Å²) in [6, 6.07) is 2.06. The van der Waals surface area contributed by atoms with E-state index in [1.807, 2.05) is 19.1 Å². The molecule has 1 N–H and O–H groups in total. The average Bonchev–Trinajstić information content (AvgIpc) is 2.40. The number of nitrogens with one attached hydrogen (secondary N) is 1. The highest BCUT2D eigenvalue weighted by Crippen LogP contribution is 2.21. The van der Waals surface area contributed by atoms with Crippen molar-refractivity contribution in [1.82, 2.24) is 5.32 Å². The Bertz CT molecular complexity index is 454. The van der Waals surface area contributed by atoms with Gasteiger partial charge in [0, 0.05) is 7.05 Å². The molecule has 0 heterocycles. The maximum absolute atomic E-state index is 8.85. The van der Waals surface area contributed by atoms with Gasteiger partial charge in [0.25, 0.3) is 0 Å². The SMILES string of the molecule is C=C(C#N)/C(=C\C(=CC)C1=CCCC=C1)NC. The van der Waals surface area contributed by atoms with Gasteiger partial charge in [-0.25, -0.2) is 0 Å². The monoisotopic (exact) mass is 226 g/mol. The predicted molar refractivity (Wildman–Crippen MR) is 72.1 cm³/mol. The van der Waals surface area contributed by atoms with E-state index in [0.717, 1.165) is 24.1 Å². The molecule has 2 nitrogen and oxygen atoms in total. The minimum absolute atomic E-state index is 0.451. The fourth-order valence-corrected chi connectivity index (χ4v) is 1.69. The van der Waals surface area contributed by atoms with E-state index >= 15 is 0 Å². The molecule has 1 rings (SSSR count). The summed E-state index contributed by atoms with van der Waals surface area (Å²) in [5.74, 6) is 0. The molecule has 88 valence electrons. The number of rotatable bonds is 4. The van der Waals surface area contributed by atoms with Crippen molar-refractivity contribution in [3.05, 3.63) is 59.4 Å². The van der Waals surface area contributed by atoms with E-state index in [0.29, 0.717) is 5.57 Å². The Labute approximate surface area is 103 Å². The maximum Gasteiger partial charge on any atom is 0.101 e. The fourth-order valence-electron chi connectivity index (χ4n) is 1.69. The second kappa shape index (κ2) is 6.55. The lowest BCUT2D eigenvalue weighted by Crippen LogP contribution is -2.07. The van der Waals surface area contributed by atoms with Gasteiger partial charge < -0.3 is 5.32 Å². The van der Waals surface area contributed by atoms with Crippen LogP contribution in [-0.2, 0) is 0 Å². The lowest BCUT2D eigenvalue weighted by molar-refractivity contribution is 1.00. The van der Waals surface area contributed by atoms with Gasteiger partial charge >= 0.3 is 0 Å². The Morgan fingerprint density at radius 1 is 1.53 bits per heavy atom. The molecule has 0 aliphatic heterocycles. The summed E-state index contributed by atoms with van der Waals surface area (Å²) in [6.45, 7) is 5.72. The number of nitriles is 1. The molecule has 0 bridgehead atoms. The largest absolute Gasteiger partial charge is 0.387 e. The van der Waals surface area contributed by atoms with E-state index in [1.54, 1.807) is 7.05 Å². The van der Waals surface area contributed by atoms with Gasteiger partial charge in [0.05, 0.1) is 11.3 Å². The first-order valence-electron chi connectivity index (χ1n) is 5.75. The minimum Gasteiger partial charge on any atom is -0.387 e. The standard InChI is InChI=1S/C15H18N2/c1-4-13(14-8-6-5-7-9-14)10-15(17-3)12(2)11-16/h4,6,8-10,17H,2,5,7H2,1,3H3/b13-4?,15-10+. The van der Waals surface area contributed by atoms with Crippen molar-refractivity contribution < 1.29 is 0 Å². The highest BCUT2D eigenvalue weighted by atomic mass is 14.8. The van der Waals surface area contributed by atoms with Gasteiger partial charge in [0.15, 0.2) is 0 Å².